The highest BCUT2D eigenvalue weighted by Crippen LogP contribution is 2.46. The number of benzene rings is 1. The zero-order valence-electron chi connectivity index (χ0n) is 9.50. The van der Waals surface area contributed by atoms with Crippen molar-refractivity contribution in [2.75, 3.05) is 0 Å². The quantitative estimate of drug-likeness (QED) is 0.224. The van der Waals surface area contributed by atoms with Gasteiger partial charge in [0.25, 0.3) is 0 Å². The van der Waals surface area contributed by atoms with Gasteiger partial charge in [0.15, 0.2) is 29.2 Å². The highest BCUT2D eigenvalue weighted by Gasteiger charge is 2.62. The van der Waals surface area contributed by atoms with Gasteiger partial charge in [0.2, 0.25) is 5.82 Å². The minimum absolute atomic E-state index is 1.59. The van der Waals surface area contributed by atoms with E-state index < -0.39 is 52.6 Å². The largest absolute Gasteiger partial charge is 0.412 e. The van der Waals surface area contributed by atoms with Crippen molar-refractivity contribution in [1.29, 1.82) is 0 Å². The molecule has 0 aliphatic carbocycles. The molecule has 0 aromatic heterocycles. The molecule has 0 bridgehead atoms. The standard InChI is InChI=1S/C9H4F9N3/c10-2-1(3(11)5(13)6(14)4(2)12)8(15,16)9(17,18)21-7(19)20/h(H4,19,20,21). The van der Waals surface area contributed by atoms with E-state index in [0.717, 1.165) is 0 Å². The molecule has 12 heteroatoms. The van der Waals surface area contributed by atoms with Crippen LogP contribution in [0.5, 0.6) is 0 Å². The number of nitrogens with zero attached hydrogens (tertiary/aromatic N) is 1. The zero-order chi connectivity index (χ0) is 16.7. The first-order valence-corrected chi connectivity index (χ1v) is 4.73. The summed E-state index contributed by atoms with van der Waals surface area (Å²) in [7, 11) is 0. The predicted octanol–water partition coefficient (Wildman–Crippen LogP) is 2.34. The van der Waals surface area contributed by atoms with E-state index in [2.05, 4.69) is 11.5 Å². The van der Waals surface area contributed by atoms with Crippen LogP contribution in [0.4, 0.5) is 39.5 Å². The second kappa shape index (κ2) is 5.00. The molecule has 0 spiro atoms. The molecule has 4 N–H and O–H groups in total. The molecule has 0 aliphatic heterocycles. The van der Waals surface area contributed by atoms with E-state index in [9.17, 15) is 39.5 Å². The number of guanidine groups is 1. The monoisotopic (exact) mass is 325 g/mol. The number of alkyl halides is 4. The minimum Gasteiger partial charge on any atom is -0.370 e. The van der Waals surface area contributed by atoms with Crippen LogP contribution in [-0.4, -0.2) is 12.0 Å². The Bertz CT molecular complexity index is 578. The molecule has 0 heterocycles. The Morgan fingerprint density at radius 2 is 1.05 bits per heavy atom. The Morgan fingerprint density at radius 3 is 1.38 bits per heavy atom. The highest BCUT2D eigenvalue weighted by molar-refractivity contribution is 5.76. The van der Waals surface area contributed by atoms with E-state index >= 15 is 0 Å². The molecule has 0 unspecified atom stereocenters. The lowest BCUT2D eigenvalue weighted by Crippen LogP contribution is -2.41. The fourth-order valence-electron chi connectivity index (χ4n) is 1.26. The fourth-order valence-corrected chi connectivity index (χ4v) is 1.26. The third-order valence-electron chi connectivity index (χ3n) is 2.17. The van der Waals surface area contributed by atoms with Crippen LogP contribution < -0.4 is 11.5 Å². The molecule has 0 aliphatic rings. The Kier molecular flexibility index (Phi) is 4.03. The Labute approximate surface area is 110 Å². The van der Waals surface area contributed by atoms with Crippen LogP contribution in [0.3, 0.4) is 0 Å². The minimum atomic E-state index is -5.90. The first-order chi connectivity index (χ1) is 9.34. The predicted molar refractivity (Wildman–Crippen MR) is 50.9 cm³/mol. The summed E-state index contributed by atoms with van der Waals surface area (Å²) in [5.41, 5.74) is 5.82. The Morgan fingerprint density at radius 1 is 0.714 bits per heavy atom. The molecule has 0 saturated carbocycles. The second-order valence-corrected chi connectivity index (χ2v) is 3.60. The molecular weight excluding hydrogens is 321 g/mol. The molecule has 0 saturated heterocycles. The lowest BCUT2D eigenvalue weighted by Gasteiger charge is -2.24. The van der Waals surface area contributed by atoms with E-state index in [1.165, 1.54) is 0 Å². The van der Waals surface area contributed by atoms with Crippen LogP contribution in [-0.2, 0) is 5.92 Å². The van der Waals surface area contributed by atoms with Crippen molar-refractivity contribution in [2.45, 2.75) is 12.0 Å². The molecule has 1 rings (SSSR count). The van der Waals surface area contributed by atoms with Crippen LogP contribution in [0.15, 0.2) is 4.99 Å². The number of rotatable bonds is 3. The molecule has 0 radical (unpaired) electrons. The van der Waals surface area contributed by atoms with Crippen molar-refractivity contribution in [2.24, 2.45) is 16.5 Å². The zero-order valence-corrected chi connectivity index (χ0v) is 9.50. The van der Waals surface area contributed by atoms with Crippen LogP contribution in [0, 0.1) is 29.1 Å². The number of hydrogen-bond donors (Lipinski definition) is 2. The summed E-state index contributed by atoms with van der Waals surface area (Å²) in [6, 6.07) is -5.65. The van der Waals surface area contributed by atoms with Gasteiger partial charge < -0.3 is 11.5 Å². The van der Waals surface area contributed by atoms with Gasteiger partial charge in [0, 0.05) is 0 Å². The number of hydrogen-bond acceptors (Lipinski definition) is 1. The molecule has 0 amide bonds. The van der Waals surface area contributed by atoms with E-state index in [4.69, 9.17) is 0 Å². The average Bonchev–Trinajstić information content (AvgIpc) is 2.32. The molecule has 118 valence electrons. The van der Waals surface area contributed by atoms with Gasteiger partial charge in [0.1, 0.15) is 5.56 Å². The van der Waals surface area contributed by atoms with Gasteiger partial charge in [-0.25, -0.2) is 22.0 Å². The van der Waals surface area contributed by atoms with Crippen molar-refractivity contribution in [3.8, 4) is 0 Å². The summed E-state index contributed by atoms with van der Waals surface area (Å²) >= 11 is 0. The van der Waals surface area contributed by atoms with Crippen LogP contribution in [0.1, 0.15) is 5.56 Å². The van der Waals surface area contributed by atoms with E-state index in [1.54, 1.807) is 4.99 Å². The summed E-state index contributed by atoms with van der Waals surface area (Å²) in [6.45, 7) is 0. The van der Waals surface area contributed by atoms with Crippen LogP contribution >= 0.6 is 0 Å². The van der Waals surface area contributed by atoms with Crippen molar-refractivity contribution < 1.29 is 39.5 Å². The molecular formula is C9H4F9N3. The van der Waals surface area contributed by atoms with E-state index in [-0.39, 0.29) is 0 Å². The SMILES string of the molecule is NC(N)=NC(F)(F)C(F)(F)c1c(F)c(F)c(F)c(F)c1F. The maximum Gasteiger partial charge on any atom is 0.412 e. The van der Waals surface area contributed by atoms with Crippen LogP contribution in [0.2, 0.25) is 0 Å². The normalized spacial score (nSPS) is 12.4. The Hall–Kier alpha value is -2.14. The topological polar surface area (TPSA) is 64.4 Å². The summed E-state index contributed by atoms with van der Waals surface area (Å²) < 4.78 is 117. The van der Waals surface area contributed by atoms with E-state index in [1.807, 2.05) is 0 Å². The fraction of sp³-hybridized carbons (Fsp3) is 0.222. The summed E-state index contributed by atoms with van der Waals surface area (Å²) in [5, 5.41) is 0. The third kappa shape index (κ3) is 2.56. The van der Waals surface area contributed by atoms with Gasteiger partial charge >= 0.3 is 12.0 Å². The van der Waals surface area contributed by atoms with Gasteiger partial charge in [-0.1, -0.05) is 0 Å². The average molecular weight is 325 g/mol. The number of aliphatic imine (C=N–C) groups is 1. The summed E-state index contributed by atoms with van der Waals surface area (Å²) in [6.07, 6.45) is 0. The molecule has 0 atom stereocenters. The third-order valence-corrected chi connectivity index (χ3v) is 2.17. The van der Waals surface area contributed by atoms with Gasteiger partial charge in [-0.3, -0.25) is 0 Å². The van der Waals surface area contributed by atoms with Crippen molar-refractivity contribution in [1.82, 2.24) is 0 Å². The first-order valence-electron chi connectivity index (χ1n) is 4.73. The number of halogens is 9. The number of nitrogens with two attached hydrogens (primary N) is 2. The van der Waals surface area contributed by atoms with Crippen molar-refractivity contribution >= 4 is 5.96 Å². The second-order valence-electron chi connectivity index (χ2n) is 3.60. The summed E-state index contributed by atoms with van der Waals surface area (Å²) in [5.74, 6) is -22.2. The lowest BCUT2D eigenvalue weighted by atomic mass is 10.0. The maximum absolute atomic E-state index is 13.4. The molecule has 21 heavy (non-hydrogen) atoms. The van der Waals surface area contributed by atoms with Crippen molar-refractivity contribution in [3.05, 3.63) is 34.6 Å². The van der Waals surface area contributed by atoms with Gasteiger partial charge in [-0.15, -0.1) is 0 Å². The van der Waals surface area contributed by atoms with E-state index in [0.29, 0.717) is 0 Å². The van der Waals surface area contributed by atoms with Gasteiger partial charge in [-0.2, -0.15) is 22.6 Å². The molecule has 1 aromatic rings. The smallest absolute Gasteiger partial charge is 0.370 e. The molecule has 0 fully saturated rings. The Balaban J connectivity index is 3.71. The maximum atomic E-state index is 13.4. The first kappa shape index (κ1) is 16.9. The van der Waals surface area contributed by atoms with Gasteiger partial charge in [0.05, 0.1) is 0 Å². The molecule has 3 nitrogen and oxygen atoms in total. The van der Waals surface area contributed by atoms with Crippen molar-refractivity contribution in [3.63, 3.8) is 0 Å². The summed E-state index contributed by atoms with van der Waals surface area (Å²) in [4.78, 5) is 1.74. The van der Waals surface area contributed by atoms with Crippen LogP contribution in [0.25, 0.3) is 0 Å². The highest BCUT2D eigenvalue weighted by atomic mass is 19.3. The lowest BCUT2D eigenvalue weighted by molar-refractivity contribution is -0.214. The van der Waals surface area contributed by atoms with Gasteiger partial charge in [-0.05, 0) is 0 Å². The molecule has 1 aromatic carbocycles.